The van der Waals surface area contributed by atoms with E-state index >= 15 is 0 Å². The second kappa shape index (κ2) is 12.5. The number of hydrogen-bond donors (Lipinski definition) is 1. The van der Waals surface area contributed by atoms with Gasteiger partial charge in [0.05, 0.1) is 19.8 Å². The fourth-order valence-electron chi connectivity index (χ4n) is 5.68. The van der Waals surface area contributed by atoms with Crippen molar-refractivity contribution >= 4 is 32.3 Å². The predicted molar refractivity (Wildman–Crippen MR) is 179 cm³/mol. The van der Waals surface area contributed by atoms with Crippen LogP contribution < -0.4 is 18.9 Å². The molecule has 0 aliphatic carbocycles. The van der Waals surface area contributed by atoms with E-state index in [1.807, 2.05) is 42.5 Å². The molecule has 2 aliphatic rings. The lowest BCUT2D eigenvalue weighted by Crippen LogP contribution is -2.03. The number of aliphatic hydroxyl groups is 1. The largest absolute Gasteiger partial charge is 0.493 e. The van der Waals surface area contributed by atoms with E-state index in [4.69, 9.17) is 28.4 Å². The van der Waals surface area contributed by atoms with Gasteiger partial charge in [-0.25, -0.2) is 0 Å². The van der Waals surface area contributed by atoms with Gasteiger partial charge in [-0.2, -0.15) is 0 Å². The summed E-state index contributed by atoms with van der Waals surface area (Å²) in [6.07, 6.45) is 0.950. The number of rotatable bonds is 13. The normalized spacial score (nSPS) is 16.9. The number of epoxide rings is 2. The molecular formula is C39H34O7. The van der Waals surface area contributed by atoms with E-state index in [0.29, 0.717) is 26.2 Å². The first-order valence-corrected chi connectivity index (χ1v) is 15.7. The fourth-order valence-corrected chi connectivity index (χ4v) is 5.68. The molecule has 6 aromatic rings. The molecule has 2 aliphatic heterocycles. The molecule has 2 heterocycles. The highest BCUT2D eigenvalue weighted by Crippen LogP contribution is 2.41. The fraction of sp³-hybridized carbons (Fsp3) is 0.231. The van der Waals surface area contributed by atoms with E-state index in [1.165, 1.54) is 0 Å². The SMILES string of the molecule is OCCCOc1ccc2ccc(Oc3ccc4ccc(OCC5CO5)cc4c3)cc2c1-c1ccc2ccc(OCC3CO3)cc2c1. The molecule has 0 amide bonds. The van der Waals surface area contributed by atoms with Crippen LogP contribution in [-0.2, 0) is 9.47 Å². The third kappa shape index (κ3) is 6.44. The van der Waals surface area contributed by atoms with Gasteiger partial charge in [0.25, 0.3) is 0 Å². The van der Waals surface area contributed by atoms with Crippen molar-refractivity contribution in [1.29, 1.82) is 0 Å². The van der Waals surface area contributed by atoms with Gasteiger partial charge in [-0.3, -0.25) is 0 Å². The van der Waals surface area contributed by atoms with Gasteiger partial charge in [-0.1, -0.05) is 42.5 Å². The predicted octanol–water partition coefficient (Wildman–Crippen LogP) is 7.92. The van der Waals surface area contributed by atoms with Crippen molar-refractivity contribution in [3.63, 3.8) is 0 Å². The van der Waals surface area contributed by atoms with E-state index in [0.717, 1.165) is 85.4 Å². The highest BCUT2D eigenvalue weighted by molar-refractivity contribution is 6.02. The van der Waals surface area contributed by atoms with Crippen LogP contribution in [-0.4, -0.2) is 57.0 Å². The zero-order chi connectivity index (χ0) is 30.9. The average Bonchev–Trinajstić information content (AvgIpc) is 4.02. The maximum atomic E-state index is 9.41. The molecule has 2 unspecified atom stereocenters. The molecule has 0 aromatic heterocycles. The highest BCUT2D eigenvalue weighted by Gasteiger charge is 2.24. The minimum Gasteiger partial charge on any atom is -0.493 e. The second-order valence-electron chi connectivity index (χ2n) is 11.8. The zero-order valence-corrected chi connectivity index (χ0v) is 25.3. The maximum absolute atomic E-state index is 9.41. The molecule has 8 rings (SSSR count). The maximum Gasteiger partial charge on any atom is 0.128 e. The van der Waals surface area contributed by atoms with Crippen molar-refractivity contribution in [2.24, 2.45) is 0 Å². The van der Waals surface area contributed by atoms with Crippen LogP contribution in [0, 0.1) is 0 Å². The minimum atomic E-state index is 0.0693. The Morgan fingerprint density at radius 1 is 0.565 bits per heavy atom. The first-order chi connectivity index (χ1) is 22.7. The Hall–Kier alpha value is -4.82. The molecule has 1 N–H and O–H groups in total. The van der Waals surface area contributed by atoms with Crippen LogP contribution in [0.5, 0.6) is 28.7 Å². The molecule has 2 saturated heterocycles. The first-order valence-electron chi connectivity index (χ1n) is 15.7. The summed E-state index contributed by atoms with van der Waals surface area (Å²) in [4.78, 5) is 0. The monoisotopic (exact) mass is 614 g/mol. The van der Waals surface area contributed by atoms with Crippen LogP contribution in [0.25, 0.3) is 43.4 Å². The van der Waals surface area contributed by atoms with Gasteiger partial charge in [0, 0.05) is 18.6 Å². The summed E-state index contributed by atoms with van der Waals surface area (Å²) in [6.45, 7) is 3.13. The molecule has 7 nitrogen and oxygen atoms in total. The van der Waals surface area contributed by atoms with Crippen molar-refractivity contribution in [2.45, 2.75) is 18.6 Å². The van der Waals surface area contributed by atoms with Crippen molar-refractivity contribution in [3.05, 3.63) is 103 Å². The number of fused-ring (bicyclic) bond motifs is 3. The van der Waals surface area contributed by atoms with Crippen LogP contribution in [0.1, 0.15) is 6.42 Å². The summed E-state index contributed by atoms with van der Waals surface area (Å²) >= 11 is 0. The summed E-state index contributed by atoms with van der Waals surface area (Å²) < 4.78 is 35.1. The van der Waals surface area contributed by atoms with Crippen molar-refractivity contribution in [1.82, 2.24) is 0 Å². The Morgan fingerprint density at radius 2 is 1.11 bits per heavy atom. The highest BCUT2D eigenvalue weighted by atomic mass is 16.6. The van der Waals surface area contributed by atoms with Crippen LogP contribution in [0.3, 0.4) is 0 Å². The van der Waals surface area contributed by atoms with Gasteiger partial charge in [0.2, 0.25) is 0 Å². The van der Waals surface area contributed by atoms with Gasteiger partial charge < -0.3 is 33.5 Å². The minimum absolute atomic E-state index is 0.0693. The Labute approximate surface area is 266 Å². The van der Waals surface area contributed by atoms with Crippen molar-refractivity contribution in [3.8, 4) is 39.9 Å². The smallest absolute Gasteiger partial charge is 0.128 e. The molecule has 0 radical (unpaired) electrons. The molecule has 0 saturated carbocycles. The van der Waals surface area contributed by atoms with Gasteiger partial charge in [-0.15, -0.1) is 0 Å². The molecule has 0 spiro atoms. The summed E-state index contributed by atoms with van der Waals surface area (Å²) in [5.74, 6) is 3.85. The van der Waals surface area contributed by atoms with Crippen molar-refractivity contribution in [2.75, 3.05) is 39.6 Å². The third-order valence-corrected chi connectivity index (χ3v) is 8.31. The average molecular weight is 615 g/mol. The van der Waals surface area contributed by atoms with Crippen LogP contribution >= 0.6 is 0 Å². The Kier molecular flexibility index (Phi) is 7.80. The molecule has 0 bridgehead atoms. The van der Waals surface area contributed by atoms with Crippen LogP contribution in [0.15, 0.2) is 103 Å². The molecule has 2 atom stereocenters. The van der Waals surface area contributed by atoms with Gasteiger partial charge in [0.15, 0.2) is 0 Å². The molecule has 7 heteroatoms. The van der Waals surface area contributed by atoms with Crippen LogP contribution in [0.2, 0.25) is 0 Å². The van der Waals surface area contributed by atoms with Gasteiger partial charge in [0.1, 0.15) is 54.2 Å². The van der Waals surface area contributed by atoms with Crippen LogP contribution in [0.4, 0.5) is 0 Å². The number of benzene rings is 6. The lowest BCUT2D eigenvalue weighted by atomic mass is 9.95. The van der Waals surface area contributed by atoms with E-state index in [2.05, 4.69) is 60.7 Å². The van der Waals surface area contributed by atoms with E-state index < -0.39 is 0 Å². The van der Waals surface area contributed by atoms with Crippen molar-refractivity contribution < 1.29 is 33.5 Å². The zero-order valence-electron chi connectivity index (χ0n) is 25.3. The third-order valence-electron chi connectivity index (χ3n) is 8.31. The molecule has 232 valence electrons. The lowest BCUT2D eigenvalue weighted by Gasteiger charge is -2.16. The quantitative estimate of drug-likeness (QED) is 0.105. The summed E-state index contributed by atoms with van der Waals surface area (Å²) in [6, 6.07) is 34.9. The summed E-state index contributed by atoms with van der Waals surface area (Å²) in [7, 11) is 0. The second-order valence-corrected chi connectivity index (χ2v) is 11.8. The standard InChI is InChI=1S/C39H34O7/c40-14-1-15-41-38-13-8-27-7-12-34(46-33-11-6-26-5-10-32(18-30(26)19-33)43-22-36-24-45-36)20-37(27)39(38)28-3-2-25-4-9-31(17-29(25)16-28)42-21-35-23-44-35/h2-13,16-20,35-36,40H,1,14-15,21-24H2. The van der Waals surface area contributed by atoms with E-state index in [-0.39, 0.29) is 18.8 Å². The Bertz CT molecular complexity index is 2030. The molecule has 46 heavy (non-hydrogen) atoms. The first kappa shape index (κ1) is 28.6. The number of hydrogen-bond acceptors (Lipinski definition) is 7. The Morgan fingerprint density at radius 3 is 1.76 bits per heavy atom. The lowest BCUT2D eigenvalue weighted by molar-refractivity contribution is 0.234. The number of aliphatic hydroxyl groups excluding tert-OH is 1. The topological polar surface area (TPSA) is 82.2 Å². The number of ether oxygens (including phenoxy) is 6. The molecule has 2 fully saturated rings. The molecular weight excluding hydrogens is 580 g/mol. The summed E-state index contributed by atoms with van der Waals surface area (Å²) in [5.41, 5.74) is 1.99. The van der Waals surface area contributed by atoms with Gasteiger partial charge >= 0.3 is 0 Å². The van der Waals surface area contributed by atoms with E-state index in [9.17, 15) is 5.11 Å². The summed E-state index contributed by atoms with van der Waals surface area (Å²) in [5, 5.41) is 15.8. The van der Waals surface area contributed by atoms with E-state index in [1.54, 1.807) is 0 Å². The Balaban J connectivity index is 1.14. The molecule has 6 aromatic carbocycles. The van der Waals surface area contributed by atoms with Gasteiger partial charge in [-0.05, 0) is 98.5 Å².